The molecule has 0 unspecified atom stereocenters. The summed E-state index contributed by atoms with van der Waals surface area (Å²) >= 11 is 6.16. The second kappa shape index (κ2) is 6.58. The van der Waals surface area contributed by atoms with Crippen molar-refractivity contribution in [1.29, 1.82) is 0 Å². The van der Waals surface area contributed by atoms with E-state index in [2.05, 4.69) is 15.3 Å². The molecule has 142 valence electrons. The Bertz CT molecular complexity index is 1210. The average molecular weight is 398 g/mol. The van der Waals surface area contributed by atoms with E-state index in [1.54, 1.807) is 50.2 Å². The molecule has 28 heavy (non-hydrogen) atoms. The molecule has 4 aromatic rings. The van der Waals surface area contributed by atoms with Gasteiger partial charge in [0.2, 0.25) is 0 Å². The summed E-state index contributed by atoms with van der Waals surface area (Å²) in [7, 11) is 0. The molecule has 3 heterocycles. The quantitative estimate of drug-likeness (QED) is 0.159. The monoisotopic (exact) mass is 397 g/mol. The number of fused-ring (bicyclic) bond motifs is 1. The number of nitrogens with zero attached hydrogens (tertiary/aromatic N) is 4. The fourth-order valence-corrected chi connectivity index (χ4v) is 3.50. The molecule has 4 rings (SSSR count). The first kappa shape index (κ1) is 17.9. The smallest absolute Gasteiger partial charge is 0.172 e. The third-order valence-corrected chi connectivity index (χ3v) is 4.74. The van der Waals surface area contributed by atoms with Gasteiger partial charge in [-0.3, -0.25) is 4.57 Å². The highest BCUT2D eigenvalue weighted by molar-refractivity contribution is 6.30. The van der Waals surface area contributed by atoms with E-state index in [9.17, 15) is 10.3 Å². The first-order chi connectivity index (χ1) is 13.4. The molecule has 4 N–H and O–H groups in total. The fraction of sp³-hybridized carbons (Fsp3) is 0.105. The highest BCUT2D eigenvalue weighted by Gasteiger charge is 2.27. The third-order valence-electron chi connectivity index (χ3n) is 4.52. The SMILES string of the molecule is Cc1noc(C)c1-c1c(/C(N)=N/O)c2ccc(Cl)nc2n1-c1ccc(O)cc1. The highest BCUT2D eigenvalue weighted by Crippen LogP contribution is 2.39. The zero-order valence-corrected chi connectivity index (χ0v) is 15.8. The van der Waals surface area contributed by atoms with Crippen LogP contribution in [0.1, 0.15) is 17.0 Å². The first-order valence-corrected chi connectivity index (χ1v) is 8.71. The van der Waals surface area contributed by atoms with Crippen molar-refractivity contribution in [3.8, 4) is 22.7 Å². The second-order valence-corrected chi connectivity index (χ2v) is 6.65. The lowest BCUT2D eigenvalue weighted by Crippen LogP contribution is -2.14. The number of phenolic OH excluding ortho intramolecular Hbond substituents is 1. The number of nitrogens with two attached hydrogens (primary N) is 1. The van der Waals surface area contributed by atoms with Gasteiger partial charge in [-0.05, 0) is 50.2 Å². The standard InChI is InChI=1S/C19H16ClN5O3/c1-9-15(10(2)28-24-9)17-16(18(21)23-27)13-7-8-14(20)22-19(13)25(17)11-3-5-12(26)6-4-11/h3-8,26-27H,1-2H3,(H2,21,23). The molecule has 9 heteroatoms. The molecule has 0 aliphatic heterocycles. The van der Waals surface area contributed by atoms with Crippen LogP contribution in [-0.2, 0) is 0 Å². The van der Waals surface area contributed by atoms with Gasteiger partial charge in [-0.25, -0.2) is 4.98 Å². The Morgan fingerprint density at radius 1 is 1.18 bits per heavy atom. The molecule has 0 saturated heterocycles. The molecular weight excluding hydrogens is 382 g/mol. The zero-order valence-electron chi connectivity index (χ0n) is 15.0. The molecule has 0 aliphatic rings. The number of rotatable bonds is 3. The highest BCUT2D eigenvalue weighted by atomic mass is 35.5. The first-order valence-electron chi connectivity index (χ1n) is 8.34. The lowest BCUT2D eigenvalue weighted by Gasteiger charge is -2.12. The number of aryl methyl sites for hydroxylation is 2. The van der Waals surface area contributed by atoms with E-state index >= 15 is 0 Å². The van der Waals surface area contributed by atoms with Crippen LogP contribution in [0.3, 0.4) is 0 Å². The molecule has 0 fully saturated rings. The predicted molar refractivity (Wildman–Crippen MR) is 105 cm³/mol. The zero-order chi connectivity index (χ0) is 20.0. The van der Waals surface area contributed by atoms with Crippen LogP contribution in [0.2, 0.25) is 5.15 Å². The van der Waals surface area contributed by atoms with Crippen LogP contribution in [0.4, 0.5) is 0 Å². The van der Waals surface area contributed by atoms with Crippen molar-refractivity contribution in [2.24, 2.45) is 10.9 Å². The molecule has 1 aromatic carbocycles. The van der Waals surface area contributed by atoms with E-state index in [1.807, 2.05) is 4.57 Å². The number of amidine groups is 1. The Balaban J connectivity index is 2.24. The van der Waals surface area contributed by atoms with E-state index in [1.165, 1.54) is 0 Å². The Hall–Kier alpha value is -3.52. The molecule has 8 nitrogen and oxygen atoms in total. The normalized spacial score (nSPS) is 12.0. The summed E-state index contributed by atoms with van der Waals surface area (Å²) in [6.45, 7) is 3.59. The van der Waals surface area contributed by atoms with E-state index in [4.69, 9.17) is 21.9 Å². The van der Waals surface area contributed by atoms with Crippen molar-refractivity contribution in [3.63, 3.8) is 0 Å². The van der Waals surface area contributed by atoms with E-state index in [0.717, 1.165) is 0 Å². The largest absolute Gasteiger partial charge is 0.508 e. The van der Waals surface area contributed by atoms with Crippen molar-refractivity contribution in [2.75, 3.05) is 0 Å². The van der Waals surface area contributed by atoms with Gasteiger partial charge in [0.15, 0.2) is 5.84 Å². The summed E-state index contributed by atoms with van der Waals surface area (Å²) in [6.07, 6.45) is 0. The topological polar surface area (TPSA) is 123 Å². The number of oxime groups is 1. The molecule has 0 spiro atoms. The minimum Gasteiger partial charge on any atom is -0.508 e. The van der Waals surface area contributed by atoms with Gasteiger partial charge in [0.1, 0.15) is 22.3 Å². The minimum atomic E-state index is -0.0818. The van der Waals surface area contributed by atoms with Crippen LogP contribution < -0.4 is 5.73 Å². The molecule has 0 aliphatic carbocycles. The Morgan fingerprint density at radius 3 is 2.50 bits per heavy atom. The summed E-state index contributed by atoms with van der Waals surface area (Å²) in [4.78, 5) is 4.46. The lowest BCUT2D eigenvalue weighted by molar-refractivity contribution is 0.318. The average Bonchev–Trinajstić information content (AvgIpc) is 3.17. The molecule has 0 saturated carbocycles. The van der Waals surface area contributed by atoms with Gasteiger partial charge in [0.05, 0.1) is 22.5 Å². The van der Waals surface area contributed by atoms with Gasteiger partial charge in [0.25, 0.3) is 0 Å². The Labute approximate surface area is 164 Å². The van der Waals surface area contributed by atoms with Crippen LogP contribution in [-0.4, -0.2) is 30.9 Å². The van der Waals surface area contributed by atoms with Crippen molar-refractivity contribution < 1.29 is 14.8 Å². The van der Waals surface area contributed by atoms with Crippen LogP contribution in [0.5, 0.6) is 5.75 Å². The molecule has 3 aromatic heterocycles. The van der Waals surface area contributed by atoms with Gasteiger partial charge < -0.3 is 20.6 Å². The van der Waals surface area contributed by atoms with Gasteiger partial charge in [-0.2, -0.15) is 0 Å². The summed E-state index contributed by atoms with van der Waals surface area (Å²) in [5.41, 5.74) is 9.67. The third kappa shape index (κ3) is 2.66. The van der Waals surface area contributed by atoms with Crippen LogP contribution in [0, 0.1) is 13.8 Å². The maximum Gasteiger partial charge on any atom is 0.172 e. The minimum absolute atomic E-state index is 0.0818. The number of hydrogen-bond donors (Lipinski definition) is 3. The number of phenols is 1. The number of aromatic nitrogens is 3. The van der Waals surface area contributed by atoms with Gasteiger partial charge in [0, 0.05) is 11.1 Å². The molecule has 0 amide bonds. The van der Waals surface area contributed by atoms with Gasteiger partial charge in [-0.1, -0.05) is 21.9 Å². The predicted octanol–water partition coefficient (Wildman–Crippen LogP) is 3.75. The number of hydrogen-bond acceptors (Lipinski definition) is 6. The van der Waals surface area contributed by atoms with Crippen molar-refractivity contribution in [2.45, 2.75) is 13.8 Å². The summed E-state index contributed by atoms with van der Waals surface area (Å²) < 4.78 is 7.17. The molecular formula is C19H16ClN5O3. The second-order valence-electron chi connectivity index (χ2n) is 6.26. The van der Waals surface area contributed by atoms with Crippen LogP contribution >= 0.6 is 11.6 Å². The van der Waals surface area contributed by atoms with Crippen molar-refractivity contribution in [1.82, 2.24) is 14.7 Å². The molecule has 0 radical (unpaired) electrons. The van der Waals surface area contributed by atoms with Crippen molar-refractivity contribution >= 4 is 28.5 Å². The number of halogens is 1. The maximum absolute atomic E-state index is 9.69. The maximum atomic E-state index is 9.69. The number of aromatic hydroxyl groups is 1. The molecule has 0 bridgehead atoms. The summed E-state index contributed by atoms with van der Waals surface area (Å²) in [5, 5.41) is 27.3. The summed E-state index contributed by atoms with van der Waals surface area (Å²) in [5.74, 6) is 0.613. The number of pyridine rings is 1. The Morgan fingerprint density at radius 2 is 1.89 bits per heavy atom. The van der Waals surface area contributed by atoms with Crippen molar-refractivity contribution in [3.05, 3.63) is 58.6 Å². The van der Waals surface area contributed by atoms with Crippen LogP contribution in [0.15, 0.2) is 46.1 Å². The van der Waals surface area contributed by atoms with E-state index in [-0.39, 0.29) is 11.6 Å². The van der Waals surface area contributed by atoms with E-state index < -0.39 is 0 Å². The fourth-order valence-electron chi connectivity index (χ4n) is 3.36. The van der Waals surface area contributed by atoms with Gasteiger partial charge in [-0.15, -0.1) is 0 Å². The molecule has 0 atom stereocenters. The van der Waals surface area contributed by atoms with E-state index in [0.29, 0.717) is 50.1 Å². The number of benzene rings is 1. The Kier molecular flexibility index (Phi) is 4.20. The lowest BCUT2D eigenvalue weighted by atomic mass is 10.0. The summed E-state index contributed by atoms with van der Waals surface area (Å²) in [6, 6.07) is 9.98. The van der Waals surface area contributed by atoms with Gasteiger partial charge >= 0.3 is 0 Å². The van der Waals surface area contributed by atoms with Crippen LogP contribution in [0.25, 0.3) is 28.0 Å².